The van der Waals surface area contributed by atoms with Crippen LogP contribution < -0.4 is 4.74 Å². The Balaban J connectivity index is 2.51. The standard InChI is InChI=1S/C15H13ClF2O/c1-9-3-4-10(17)7-12(9)15(16)13-8-11(18)5-6-14(13)19-2/h3-8,15H,1-2H3. The van der Waals surface area contributed by atoms with E-state index in [-0.39, 0.29) is 5.82 Å². The Bertz CT molecular complexity index is 599. The first-order valence-corrected chi connectivity index (χ1v) is 6.20. The van der Waals surface area contributed by atoms with E-state index in [1.807, 2.05) is 6.92 Å². The molecule has 100 valence electrons. The summed E-state index contributed by atoms with van der Waals surface area (Å²) in [5.74, 6) is -0.304. The van der Waals surface area contributed by atoms with E-state index in [2.05, 4.69) is 0 Å². The van der Waals surface area contributed by atoms with Crippen molar-refractivity contribution in [2.45, 2.75) is 12.3 Å². The van der Waals surface area contributed by atoms with Crippen LogP contribution in [0.4, 0.5) is 8.78 Å². The van der Waals surface area contributed by atoms with Gasteiger partial charge in [0.25, 0.3) is 0 Å². The predicted octanol–water partition coefficient (Wildman–Crippen LogP) is 4.61. The number of hydrogen-bond donors (Lipinski definition) is 0. The second-order valence-electron chi connectivity index (χ2n) is 4.25. The monoisotopic (exact) mass is 282 g/mol. The second kappa shape index (κ2) is 5.57. The molecular weight excluding hydrogens is 270 g/mol. The van der Waals surface area contributed by atoms with Gasteiger partial charge in [-0.15, -0.1) is 11.6 Å². The third-order valence-corrected chi connectivity index (χ3v) is 3.45. The lowest BCUT2D eigenvalue weighted by Crippen LogP contribution is -2.01. The van der Waals surface area contributed by atoms with Gasteiger partial charge in [-0.2, -0.15) is 0 Å². The van der Waals surface area contributed by atoms with Gasteiger partial charge in [0.05, 0.1) is 12.5 Å². The van der Waals surface area contributed by atoms with Crippen LogP contribution in [0.2, 0.25) is 0 Å². The number of alkyl halides is 1. The lowest BCUT2D eigenvalue weighted by Gasteiger charge is -2.16. The highest BCUT2D eigenvalue weighted by molar-refractivity contribution is 6.23. The van der Waals surface area contributed by atoms with Gasteiger partial charge in [-0.1, -0.05) is 6.07 Å². The Morgan fingerprint density at radius 3 is 2.21 bits per heavy atom. The molecule has 2 aromatic rings. The lowest BCUT2D eigenvalue weighted by atomic mass is 9.99. The number of hydrogen-bond acceptors (Lipinski definition) is 1. The summed E-state index contributed by atoms with van der Waals surface area (Å²) in [6.07, 6.45) is 0. The van der Waals surface area contributed by atoms with E-state index >= 15 is 0 Å². The fourth-order valence-electron chi connectivity index (χ4n) is 1.96. The Morgan fingerprint density at radius 1 is 1.00 bits per heavy atom. The summed E-state index contributed by atoms with van der Waals surface area (Å²) < 4.78 is 31.8. The SMILES string of the molecule is COc1ccc(F)cc1C(Cl)c1cc(F)ccc1C. The van der Waals surface area contributed by atoms with E-state index in [0.717, 1.165) is 5.56 Å². The molecule has 0 spiro atoms. The molecule has 0 aliphatic heterocycles. The summed E-state index contributed by atoms with van der Waals surface area (Å²) in [6.45, 7) is 1.83. The minimum atomic E-state index is -0.665. The smallest absolute Gasteiger partial charge is 0.124 e. The van der Waals surface area contributed by atoms with Gasteiger partial charge in [0.1, 0.15) is 17.4 Å². The highest BCUT2D eigenvalue weighted by atomic mass is 35.5. The van der Waals surface area contributed by atoms with Crippen molar-refractivity contribution in [1.82, 2.24) is 0 Å². The fourth-order valence-corrected chi connectivity index (χ4v) is 2.36. The normalized spacial score (nSPS) is 12.3. The van der Waals surface area contributed by atoms with E-state index in [9.17, 15) is 8.78 Å². The van der Waals surface area contributed by atoms with E-state index in [0.29, 0.717) is 16.9 Å². The van der Waals surface area contributed by atoms with Crippen molar-refractivity contribution >= 4 is 11.6 Å². The minimum Gasteiger partial charge on any atom is -0.496 e. The van der Waals surface area contributed by atoms with Crippen LogP contribution >= 0.6 is 11.6 Å². The molecule has 2 rings (SSSR count). The van der Waals surface area contributed by atoms with Crippen molar-refractivity contribution < 1.29 is 13.5 Å². The molecule has 1 unspecified atom stereocenters. The van der Waals surface area contributed by atoms with Crippen molar-refractivity contribution in [3.63, 3.8) is 0 Å². The van der Waals surface area contributed by atoms with E-state index < -0.39 is 11.2 Å². The van der Waals surface area contributed by atoms with E-state index in [1.165, 1.54) is 37.4 Å². The number of ether oxygens (including phenoxy) is 1. The Kier molecular flexibility index (Phi) is 4.05. The zero-order chi connectivity index (χ0) is 14.0. The largest absolute Gasteiger partial charge is 0.496 e. The summed E-state index contributed by atoms with van der Waals surface area (Å²) >= 11 is 6.35. The highest BCUT2D eigenvalue weighted by Gasteiger charge is 2.19. The van der Waals surface area contributed by atoms with E-state index in [4.69, 9.17) is 16.3 Å². The fraction of sp³-hybridized carbons (Fsp3) is 0.200. The number of halogens is 3. The second-order valence-corrected chi connectivity index (χ2v) is 4.69. The first-order chi connectivity index (χ1) is 9.02. The van der Waals surface area contributed by atoms with Gasteiger partial charge >= 0.3 is 0 Å². The number of rotatable bonds is 3. The van der Waals surface area contributed by atoms with Crippen LogP contribution in [0.1, 0.15) is 22.1 Å². The molecule has 0 aromatic heterocycles. The topological polar surface area (TPSA) is 9.23 Å². The van der Waals surface area contributed by atoms with Gasteiger partial charge in [0.15, 0.2) is 0 Å². The van der Waals surface area contributed by atoms with Crippen LogP contribution in [0.15, 0.2) is 36.4 Å². The van der Waals surface area contributed by atoms with Crippen LogP contribution in [0.5, 0.6) is 5.75 Å². The van der Waals surface area contributed by atoms with Gasteiger partial charge in [0, 0.05) is 5.56 Å². The molecule has 0 bridgehead atoms. The van der Waals surface area contributed by atoms with Crippen molar-refractivity contribution in [1.29, 1.82) is 0 Å². The van der Waals surface area contributed by atoms with Crippen molar-refractivity contribution in [3.8, 4) is 5.75 Å². The average molecular weight is 283 g/mol. The summed E-state index contributed by atoms with van der Waals surface area (Å²) in [5, 5.41) is -0.665. The molecule has 0 saturated carbocycles. The Labute approximate surface area is 115 Å². The number of aryl methyl sites for hydroxylation is 1. The molecule has 0 aliphatic rings. The molecule has 2 aromatic carbocycles. The maximum absolute atomic E-state index is 13.4. The molecule has 0 amide bonds. The molecule has 0 N–H and O–H groups in total. The molecular formula is C15H13ClF2O. The minimum absolute atomic E-state index is 0.374. The highest BCUT2D eigenvalue weighted by Crippen LogP contribution is 2.37. The third-order valence-electron chi connectivity index (χ3n) is 2.98. The average Bonchev–Trinajstić information content (AvgIpc) is 2.40. The van der Waals surface area contributed by atoms with Gasteiger partial charge in [0.2, 0.25) is 0 Å². The van der Waals surface area contributed by atoms with Crippen LogP contribution in [-0.4, -0.2) is 7.11 Å². The number of methoxy groups -OCH3 is 1. The quantitative estimate of drug-likeness (QED) is 0.747. The maximum Gasteiger partial charge on any atom is 0.124 e. The van der Waals surface area contributed by atoms with Crippen LogP contribution in [0.3, 0.4) is 0 Å². The first kappa shape index (κ1) is 13.8. The molecule has 19 heavy (non-hydrogen) atoms. The summed E-state index contributed by atoms with van der Waals surface area (Å²) in [5.41, 5.74) is 1.93. The van der Waals surface area contributed by atoms with Crippen LogP contribution in [0, 0.1) is 18.6 Å². The van der Waals surface area contributed by atoms with Crippen LogP contribution in [-0.2, 0) is 0 Å². The molecule has 0 heterocycles. The Morgan fingerprint density at radius 2 is 1.58 bits per heavy atom. The summed E-state index contributed by atoms with van der Waals surface area (Å²) in [7, 11) is 1.48. The van der Waals surface area contributed by atoms with Gasteiger partial charge in [-0.25, -0.2) is 8.78 Å². The maximum atomic E-state index is 13.4. The summed E-state index contributed by atoms with van der Waals surface area (Å²) in [4.78, 5) is 0. The molecule has 0 aliphatic carbocycles. The lowest BCUT2D eigenvalue weighted by molar-refractivity contribution is 0.408. The van der Waals surface area contributed by atoms with E-state index in [1.54, 1.807) is 6.07 Å². The molecule has 0 radical (unpaired) electrons. The summed E-state index contributed by atoms with van der Waals surface area (Å²) in [6, 6.07) is 8.48. The zero-order valence-electron chi connectivity index (χ0n) is 10.6. The van der Waals surface area contributed by atoms with Gasteiger partial charge in [-0.05, 0) is 48.4 Å². The molecule has 0 fully saturated rings. The molecule has 0 saturated heterocycles. The molecule has 4 heteroatoms. The Hall–Kier alpha value is -1.61. The zero-order valence-corrected chi connectivity index (χ0v) is 11.3. The van der Waals surface area contributed by atoms with Crippen molar-refractivity contribution in [3.05, 3.63) is 64.7 Å². The van der Waals surface area contributed by atoms with Crippen LogP contribution in [0.25, 0.3) is 0 Å². The first-order valence-electron chi connectivity index (χ1n) is 5.76. The molecule has 1 atom stereocenters. The van der Waals surface area contributed by atoms with Gasteiger partial charge in [-0.3, -0.25) is 0 Å². The van der Waals surface area contributed by atoms with Crippen molar-refractivity contribution in [2.75, 3.05) is 7.11 Å². The number of benzene rings is 2. The third kappa shape index (κ3) is 2.87. The predicted molar refractivity (Wildman–Crippen MR) is 71.8 cm³/mol. The van der Waals surface area contributed by atoms with Gasteiger partial charge < -0.3 is 4.74 Å². The molecule has 1 nitrogen and oxygen atoms in total. The van der Waals surface area contributed by atoms with Crippen molar-refractivity contribution in [2.24, 2.45) is 0 Å².